The van der Waals surface area contributed by atoms with E-state index in [2.05, 4.69) is 11.8 Å². The van der Waals surface area contributed by atoms with Gasteiger partial charge in [0, 0.05) is 82.0 Å². The van der Waals surface area contributed by atoms with Gasteiger partial charge >= 0.3 is 0 Å². The van der Waals surface area contributed by atoms with E-state index in [4.69, 9.17) is 42.1 Å². The molecule has 0 fully saturated rings. The van der Waals surface area contributed by atoms with Crippen LogP contribution in [-0.2, 0) is 54.9 Å². The Kier molecular flexibility index (Phi) is 42.7. The number of hydrogen-bond acceptors (Lipinski definition) is 4. The molecule has 28 heavy (non-hydrogen) atoms. The zero-order valence-electron chi connectivity index (χ0n) is 18.1. The van der Waals surface area contributed by atoms with Gasteiger partial charge in [0.2, 0.25) is 6.29 Å². The fourth-order valence-corrected chi connectivity index (χ4v) is 2.24. The van der Waals surface area contributed by atoms with E-state index in [0.29, 0.717) is 19.1 Å². The molecule has 0 rings (SSSR count). The summed E-state index contributed by atoms with van der Waals surface area (Å²) >= 11 is 11.1. The predicted octanol–water partition coefficient (Wildman–Crippen LogP) is 5.83. The molecule has 0 aromatic heterocycles. The quantitative estimate of drug-likeness (QED) is 0.0863. The number of alkyl halides is 2. The molecule has 0 spiro atoms. The molecule has 4 nitrogen and oxygen atoms in total. The van der Waals surface area contributed by atoms with E-state index < -0.39 is 0 Å². The molecule has 8 heteroatoms. The van der Waals surface area contributed by atoms with Crippen LogP contribution >= 0.6 is 23.2 Å². The summed E-state index contributed by atoms with van der Waals surface area (Å²) in [4.78, 5) is 0. The maximum Gasteiger partial charge on any atom is 0.222 e. The van der Waals surface area contributed by atoms with Crippen LogP contribution in [0, 0.1) is 11.8 Å². The smallest absolute Gasteiger partial charge is 0.222 e. The third-order valence-corrected chi connectivity index (χ3v) is 3.60. The molecule has 0 radical (unpaired) electrons. The minimum absolute atomic E-state index is 0. The van der Waals surface area contributed by atoms with Crippen molar-refractivity contribution in [1.82, 2.24) is 0 Å². The van der Waals surface area contributed by atoms with Gasteiger partial charge in [-0.2, -0.15) is 0 Å². The fourth-order valence-electron chi connectivity index (χ4n) is 1.91. The normalized spacial score (nSPS) is 9.71. The molecular formula is C20H40Cl2NiO4Zn. The third-order valence-electron chi connectivity index (χ3n) is 3.07. The second-order valence-electron chi connectivity index (χ2n) is 5.23. The molecule has 0 aliphatic rings. The number of ether oxygens (including phenoxy) is 4. The van der Waals surface area contributed by atoms with E-state index in [0.717, 1.165) is 51.2 Å². The monoisotopic (exact) mass is 536 g/mol. The van der Waals surface area contributed by atoms with Crippen molar-refractivity contribution in [2.45, 2.75) is 78.8 Å². The molecule has 0 aromatic rings. The van der Waals surface area contributed by atoms with Crippen LogP contribution in [0.5, 0.6) is 0 Å². The maximum atomic E-state index is 5.58. The van der Waals surface area contributed by atoms with Gasteiger partial charge in [-0.25, -0.2) is 0 Å². The Balaban J connectivity index is -0.000000120. The average molecular weight is 540 g/mol. The van der Waals surface area contributed by atoms with Crippen molar-refractivity contribution in [2.24, 2.45) is 0 Å². The average Bonchev–Trinajstić information content (AvgIpc) is 2.63. The van der Waals surface area contributed by atoms with E-state index in [1.807, 2.05) is 27.7 Å². The molecule has 0 unspecified atom stereocenters. The van der Waals surface area contributed by atoms with Crippen LogP contribution in [0.25, 0.3) is 0 Å². The summed E-state index contributed by atoms with van der Waals surface area (Å²) in [5, 5.41) is 0. The number of hydrogen-bond donors (Lipinski definition) is 0. The Bertz CT molecular complexity index is 325. The molecule has 0 aliphatic carbocycles. The maximum absolute atomic E-state index is 5.58. The second kappa shape index (κ2) is 32.8. The van der Waals surface area contributed by atoms with E-state index in [1.54, 1.807) is 0 Å². The van der Waals surface area contributed by atoms with Crippen LogP contribution in [0.15, 0.2) is 0 Å². The van der Waals surface area contributed by atoms with Gasteiger partial charge in [-0.3, -0.25) is 0 Å². The minimum Gasteiger partial charge on any atom is -0.353 e. The number of rotatable bonds is 15. The molecule has 0 amide bonds. The summed E-state index contributed by atoms with van der Waals surface area (Å²) in [5.74, 6) is 7.29. The van der Waals surface area contributed by atoms with Gasteiger partial charge in [0.25, 0.3) is 0 Å². The Hall–Kier alpha value is 1.10. The Labute approximate surface area is 207 Å². The van der Waals surface area contributed by atoms with Crippen LogP contribution in [0.2, 0.25) is 0 Å². The van der Waals surface area contributed by atoms with Crippen LogP contribution in [-0.4, -0.2) is 50.8 Å². The van der Waals surface area contributed by atoms with Crippen LogP contribution < -0.4 is 0 Å². The van der Waals surface area contributed by atoms with Gasteiger partial charge in [-0.1, -0.05) is 12.3 Å². The minimum atomic E-state index is -0.370. The summed E-state index contributed by atoms with van der Waals surface area (Å²) in [6.45, 7) is 10.5. The largest absolute Gasteiger partial charge is 0.353 e. The van der Waals surface area contributed by atoms with Gasteiger partial charge in [0.05, 0.1) is 0 Å². The van der Waals surface area contributed by atoms with Gasteiger partial charge in [0.1, 0.15) is 0 Å². The standard InChI is InChI=1S/C10H21ClO2.C10H17ClO2.Ni.Zn.H2/c2*1-3-12-10(13-4-2)8-6-5-7-9-11;;;/h10H,3-9H2,1-2H3;10H,3-5,7,9H2,1-2H3;;;1H. The zero-order chi connectivity index (χ0) is 19.9. The SMILES string of the molecule is CCOC(C#CCCCCl)OCC.CCOC(CCCCCCl)OCC.[HH].[Ni].[Zn]. The molecule has 0 heterocycles. The van der Waals surface area contributed by atoms with Crippen molar-refractivity contribution < 1.29 is 56.3 Å². The van der Waals surface area contributed by atoms with Crippen LogP contribution in [0.1, 0.15) is 67.6 Å². The summed E-state index contributed by atoms with van der Waals surface area (Å²) in [5.41, 5.74) is 0. The molecule has 0 bridgehead atoms. The Morgan fingerprint density at radius 3 is 1.68 bits per heavy atom. The van der Waals surface area contributed by atoms with Crippen LogP contribution in [0.3, 0.4) is 0 Å². The van der Waals surface area contributed by atoms with Gasteiger partial charge in [-0.05, 0) is 59.3 Å². The van der Waals surface area contributed by atoms with Gasteiger partial charge in [0.15, 0.2) is 6.29 Å². The molecule has 0 aromatic carbocycles. The first-order valence-corrected chi connectivity index (χ1v) is 10.8. The van der Waals surface area contributed by atoms with Crippen LogP contribution in [0.4, 0.5) is 0 Å². The van der Waals surface area contributed by atoms with Crippen molar-refractivity contribution in [3.05, 3.63) is 0 Å². The summed E-state index contributed by atoms with van der Waals surface area (Å²) in [6.07, 6.45) is 5.72. The van der Waals surface area contributed by atoms with Crippen molar-refractivity contribution in [1.29, 1.82) is 0 Å². The Morgan fingerprint density at radius 1 is 0.750 bits per heavy atom. The van der Waals surface area contributed by atoms with Crippen molar-refractivity contribution >= 4 is 23.2 Å². The topological polar surface area (TPSA) is 36.9 Å². The first-order chi connectivity index (χ1) is 12.7. The number of halogens is 2. The molecule has 170 valence electrons. The van der Waals surface area contributed by atoms with Gasteiger partial charge in [-0.15, -0.1) is 23.2 Å². The first-order valence-electron chi connectivity index (χ1n) is 9.76. The summed E-state index contributed by atoms with van der Waals surface area (Å²) in [6, 6.07) is 0. The second-order valence-corrected chi connectivity index (χ2v) is 5.99. The van der Waals surface area contributed by atoms with E-state index >= 15 is 0 Å². The van der Waals surface area contributed by atoms with E-state index in [9.17, 15) is 0 Å². The molecular weight excluding hydrogens is 499 g/mol. The molecule has 0 N–H and O–H groups in total. The van der Waals surface area contributed by atoms with Crippen molar-refractivity contribution in [2.75, 3.05) is 38.2 Å². The van der Waals surface area contributed by atoms with E-state index in [1.165, 1.54) is 6.42 Å². The summed E-state index contributed by atoms with van der Waals surface area (Å²) < 4.78 is 21.3. The predicted molar refractivity (Wildman–Crippen MR) is 113 cm³/mol. The van der Waals surface area contributed by atoms with E-state index in [-0.39, 0.29) is 50.0 Å². The molecule has 0 saturated heterocycles. The fraction of sp³-hybridized carbons (Fsp3) is 0.900. The molecule has 0 atom stereocenters. The zero-order valence-corrected chi connectivity index (χ0v) is 23.5. The summed E-state index contributed by atoms with van der Waals surface area (Å²) in [7, 11) is 0. The van der Waals surface area contributed by atoms with Gasteiger partial charge < -0.3 is 18.9 Å². The first kappa shape index (κ1) is 36.5. The van der Waals surface area contributed by atoms with Crippen molar-refractivity contribution in [3.63, 3.8) is 0 Å². The van der Waals surface area contributed by atoms with Crippen molar-refractivity contribution in [3.8, 4) is 11.8 Å². The Morgan fingerprint density at radius 2 is 1.25 bits per heavy atom. The molecule has 0 aliphatic heterocycles. The third kappa shape index (κ3) is 29.3. The number of unbranched alkanes of at least 4 members (excludes halogenated alkanes) is 3. The molecule has 0 saturated carbocycles.